The molecule has 0 aliphatic carbocycles. The molecule has 0 heterocycles. The summed E-state index contributed by atoms with van der Waals surface area (Å²) in [5, 5.41) is 2.50. The molecule has 1 aromatic carbocycles. The van der Waals surface area contributed by atoms with Crippen LogP contribution in [-0.2, 0) is 16.6 Å². The lowest BCUT2D eigenvalue weighted by Gasteiger charge is -2.16. The van der Waals surface area contributed by atoms with Gasteiger partial charge in [-0.15, -0.1) is 0 Å². The summed E-state index contributed by atoms with van der Waals surface area (Å²) in [6, 6.07) is 4.36. The van der Waals surface area contributed by atoms with Gasteiger partial charge >= 0.3 is 0 Å². The van der Waals surface area contributed by atoms with Gasteiger partial charge in [0.1, 0.15) is 5.82 Å². The molecule has 114 valence electrons. The Labute approximate surface area is 124 Å². The van der Waals surface area contributed by atoms with E-state index in [1.807, 2.05) is 13.8 Å². The fourth-order valence-electron chi connectivity index (χ4n) is 1.49. The molecule has 7 heteroatoms. The molecule has 0 amide bonds. The molecule has 4 nitrogen and oxygen atoms in total. The van der Waals surface area contributed by atoms with Crippen molar-refractivity contribution in [3.05, 3.63) is 34.6 Å². The van der Waals surface area contributed by atoms with Crippen LogP contribution in [0.15, 0.2) is 18.2 Å². The fourth-order valence-corrected chi connectivity index (χ4v) is 2.66. The fraction of sp³-hybridized carbons (Fsp3) is 0.538. The van der Waals surface area contributed by atoms with Crippen LogP contribution in [0.1, 0.15) is 26.3 Å². The number of benzene rings is 1. The van der Waals surface area contributed by atoms with Crippen LogP contribution in [0.4, 0.5) is 4.39 Å². The Balaban J connectivity index is 2.60. The molecule has 0 bridgehead atoms. The molecule has 0 radical (unpaired) electrons. The highest BCUT2D eigenvalue weighted by Crippen LogP contribution is 2.16. The van der Waals surface area contributed by atoms with Gasteiger partial charge in [0, 0.05) is 19.1 Å². The van der Waals surface area contributed by atoms with Crippen LogP contribution < -0.4 is 10.0 Å². The van der Waals surface area contributed by atoms with Crippen LogP contribution in [0.5, 0.6) is 0 Å². The maximum atomic E-state index is 13.0. The van der Waals surface area contributed by atoms with E-state index < -0.39 is 21.1 Å². The summed E-state index contributed by atoms with van der Waals surface area (Å²) in [4.78, 5) is 0. The molecule has 1 aromatic rings. The molecule has 20 heavy (non-hydrogen) atoms. The maximum Gasteiger partial charge on any atom is 0.215 e. The Hall–Kier alpha value is -0.690. The standard InChI is InChI=1S/C13H20ClFN2O2S/c1-9(2)16-7-10(3)20(18,19)17-8-11-4-5-13(15)12(14)6-11/h4-6,9-10,16-17H,7-8H2,1-3H3. The van der Waals surface area contributed by atoms with Gasteiger partial charge in [-0.2, -0.15) is 0 Å². The number of halogens is 2. The zero-order chi connectivity index (χ0) is 15.3. The van der Waals surface area contributed by atoms with Crippen LogP contribution in [0, 0.1) is 5.82 Å². The van der Waals surface area contributed by atoms with Crippen molar-refractivity contribution in [3.63, 3.8) is 0 Å². The normalized spacial score (nSPS) is 13.7. The summed E-state index contributed by atoms with van der Waals surface area (Å²) in [6.45, 7) is 6.00. The van der Waals surface area contributed by atoms with E-state index in [2.05, 4.69) is 10.0 Å². The summed E-state index contributed by atoms with van der Waals surface area (Å²) >= 11 is 5.65. The molecule has 0 saturated carbocycles. The molecule has 1 rings (SSSR count). The van der Waals surface area contributed by atoms with Gasteiger partial charge in [0.15, 0.2) is 0 Å². The second-order valence-electron chi connectivity index (χ2n) is 4.99. The number of hydrogen-bond acceptors (Lipinski definition) is 3. The lowest BCUT2D eigenvalue weighted by Crippen LogP contribution is -2.40. The summed E-state index contributed by atoms with van der Waals surface area (Å²) in [5.41, 5.74) is 0.615. The molecule has 1 atom stereocenters. The average Bonchev–Trinajstić information content (AvgIpc) is 2.37. The van der Waals surface area contributed by atoms with E-state index in [1.165, 1.54) is 18.2 Å². The minimum absolute atomic E-state index is 0.0174. The van der Waals surface area contributed by atoms with E-state index >= 15 is 0 Å². The quantitative estimate of drug-likeness (QED) is 0.809. The highest BCUT2D eigenvalue weighted by molar-refractivity contribution is 7.90. The van der Waals surface area contributed by atoms with Crippen molar-refractivity contribution in [1.82, 2.24) is 10.0 Å². The minimum Gasteiger partial charge on any atom is -0.313 e. The Morgan fingerprint density at radius 2 is 1.95 bits per heavy atom. The van der Waals surface area contributed by atoms with Gasteiger partial charge in [-0.1, -0.05) is 31.5 Å². The topological polar surface area (TPSA) is 58.2 Å². The number of rotatable bonds is 7. The lowest BCUT2D eigenvalue weighted by atomic mass is 10.2. The molecule has 0 spiro atoms. The van der Waals surface area contributed by atoms with Crippen LogP contribution >= 0.6 is 11.6 Å². The Morgan fingerprint density at radius 1 is 1.30 bits per heavy atom. The van der Waals surface area contributed by atoms with Gasteiger partial charge in [0.25, 0.3) is 0 Å². The first-order chi connectivity index (χ1) is 9.22. The highest BCUT2D eigenvalue weighted by Gasteiger charge is 2.20. The van der Waals surface area contributed by atoms with Gasteiger partial charge in [-0.05, 0) is 24.6 Å². The lowest BCUT2D eigenvalue weighted by molar-refractivity contribution is 0.540. The van der Waals surface area contributed by atoms with E-state index in [4.69, 9.17) is 11.6 Å². The molecular formula is C13H20ClFN2O2S. The van der Waals surface area contributed by atoms with Gasteiger partial charge in [-0.3, -0.25) is 0 Å². The number of nitrogens with one attached hydrogen (secondary N) is 2. The van der Waals surface area contributed by atoms with Crippen LogP contribution in [0.3, 0.4) is 0 Å². The van der Waals surface area contributed by atoms with Crippen molar-refractivity contribution >= 4 is 21.6 Å². The van der Waals surface area contributed by atoms with Crippen molar-refractivity contribution in [1.29, 1.82) is 0 Å². The molecule has 0 aliphatic rings. The van der Waals surface area contributed by atoms with Crippen LogP contribution in [0.25, 0.3) is 0 Å². The number of hydrogen-bond donors (Lipinski definition) is 2. The monoisotopic (exact) mass is 322 g/mol. The Morgan fingerprint density at radius 3 is 2.50 bits per heavy atom. The summed E-state index contributed by atoms with van der Waals surface area (Å²) in [7, 11) is -3.43. The molecule has 0 saturated heterocycles. The first-order valence-electron chi connectivity index (χ1n) is 6.38. The molecule has 1 unspecified atom stereocenters. The van der Waals surface area contributed by atoms with Gasteiger partial charge in [0.2, 0.25) is 10.0 Å². The second kappa shape index (κ2) is 7.36. The van der Waals surface area contributed by atoms with Crippen LogP contribution in [0.2, 0.25) is 5.02 Å². The summed E-state index contributed by atoms with van der Waals surface area (Å²) < 4.78 is 39.5. The summed E-state index contributed by atoms with van der Waals surface area (Å²) in [6.07, 6.45) is 0. The second-order valence-corrected chi connectivity index (χ2v) is 7.58. The molecular weight excluding hydrogens is 303 g/mol. The molecule has 0 fully saturated rings. The first-order valence-corrected chi connectivity index (χ1v) is 8.30. The van der Waals surface area contributed by atoms with Crippen molar-refractivity contribution in [2.24, 2.45) is 0 Å². The van der Waals surface area contributed by atoms with E-state index in [0.29, 0.717) is 12.1 Å². The average molecular weight is 323 g/mol. The van der Waals surface area contributed by atoms with E-state index in [1.54, 1.807) is 6.92 Å². The third-order valence-corrected chi connectivity index (χ3v) is 4.87. The summed E-state index contributed by atoms with van der Waals surface area (Å²) in [5.74, 6) is -0.521. The Kier molecular flexibility index (Phi) is 6.39. The van der Waals surface area contributed by atoms with Gasteiger partial charge in [0.05, 0.1) is 10.3 Å². The van der Waals surface area contributed by atoms with Crippen molar-refractivity contribution in [2.75, 3.05) is 6.54 Å². The van der Waals surface area contributed by atoms with Gasteiger partial charge < -0.3 is 5.32 Å². The van der Waals surface area contributed by atoms with E-state index in [-0.39, 0.29) is 17.6 Å². The SMILES string of the molecule is CC(C)NCC(C)S(=O)(=O)NCc1ccc(F)c(Cl)c1. The first kappa shape index (κ1) is 17.4. The third-order valence-electron chi connectivity index (χ3n) is 2.80. The molecule has 0 aliphatic heterocycles. The number of sulfonamides is 1. The molecule has 0 aromatic heterocycles. The zero-order valence-corrected chi connectivity index (χ0v) is 13.4. The Bertz CT molecular complexity index is 549. The highest BCUT2D eigenvalue weighted by atomic mass is 35.5. The van der Waals surface area contributed by atoms with Crippen LogP contribution in [-0.4, -0.2) is 26.3 Å². The van der Waals surface area contributed by atoms with Crippen molar-refractivity contribution in [2.45, 2.75) is 38.6 Å². The van der Waals surface area contributed by atoms with E-state index in [0.717, 1.165) is 0 Å². The molecule has 2 N–H and O–H groups in total. The van der Waals surface area contributed by atoms with Crippen molar-refractivity contribution < 1.29 is 12.8 Å². The van der Waals surface area contributed by atoms with E-state index in [9.17, 15) is 12.8 Å². The largest absolute Gasteiger partial charge is 0.313 e. The van der Waals surface area contributed by atoms with Gasteiger partial charge in [-0.25, -0.2) is 17.5 Å². The third kappa shape index (κ3) is 5.36. The smallest absolute Gasteiger partial charge is 0.215 e. The predicted molar refractivity (Wildman–Crippen MR) is 79.8 cm³/mol. The predicted octanol–water partition coefficient (Wildman–Crippen LogP) is 2.29. The zero-order valence-electron chi connectivity index (χ0n) is 11.8. The minimum atomic E-state index is -3.43. The van der Waals surface area contributed by atoms with Crippen molar-refractivity contribution in [3.8, 4) is 0 Å². The maximum absolute atomic E-state index is 13.0.